The summed E-state index contributed by atoms with van der Waals surface area (Å²) in [6.45, 7) is 3.83. The van der Waals surface area contributed by atoms with Crippen molar-refractivity contribution in [3.8, 4) is 0 Å². The first-order valence-electron chi connectivity index (χ1n) is 10.2. The average molecular weight is 440 g/mol. The van der Waals surface area contributed by atoms with Gasteiger partial charge < -0.3 is 20.1 Å². The highest BCUT2D eigenvalue weighted by molar-refractivity contribution is 6.31. The number of rotatable bonds is 10. The van der Waals surface area contributed by atoms with Crippen molar-refractivity contribution in [3.63, 3.8) is 0 Å². The van der Waals surface area contributed by atoms with Crippen LogP contribution < -0.4 is 10.6 Å². The molecule has 1 aromatic heterocycles. The molecule has 0 saturated carbocycles. The molecule has 32 heavy (non-hydrogen) atoms. The van der Waals surface area contributed by atoms with Crippen LogP contribution in [-0.2, 0) is 19.1 Å². The van der Waals surface area contributed by atoms with E-state index in [-0.39, 0.29) is 59.5 Å². The molecule has 10 heteroatoms. The average Bonchev–Trinajstić information content (AvgIpc) is 2.76. The van der Waals surface area contributed by atoms with Crippen molar-refractivity contribution in [2.24, 2.45) is 0 Å². The molecule has 10 nitrogen and oxygen atoms in total. The van der Waals surface area contributed by atoms with Crippen molar-refractivity contribution >= 4 is 35.1 Å². The van der Waals surface area contributed by atoms with Crippen LogP contribution in [0.4, 0.5) is 11.6 Å². The molecule has 0 bridgehead atoms. The molecule has 0 atom stereocenters. The minimum absolute atomic E-state index is 0.152. The topological polar surface area (TPSA) is 137 Å². The zero-order valence-electron chi connectivity index (χ0n) is 17.9. The normalized spacial score (nSPS) is 11.9. The molecule has 0 fully saturated rings. The number of aromatic nitrogens is 2. The van der Waals surface area contributed by atoms with E-state index in [0.717, 1.165) is 0 Å². The van der Waals surface area contributed by atoms with Gasteiger partial charge in [0.25, 0.3) is 0 Å². The molecule has 0 aliphatic heterocycles. The van der Waals surface area contributed by atoms with Crippen LogP contribution in [0.15, 0.2) is 24.3 Å². The number of hydrogen-bond donors (Lipinski definition) is 2. The molecule has 0 spiro atoms. The molecule has 2 aromatic rings. The molecular formula is C22H24N4O6. The molecule has 168 valence electrons. The predicted octanol–water partition coefficient (Wildman–Crippen LogP) is 1.98. The molecule has 0 amide bonds. The van der Waals surface area contributed by atoms with Crippen molar-refractivity contribution in [1.82, 2.24) is 10.2 Å². The van der Waals surface area contributed by atoms with E-state index in [2.05, 4.69) is 20.8 Å². The van der Waals surface area contributed by atoms with Gasteiger partial charge in [-0.05, 0) is 12.8 Å². The minimum atomic E-state index is -0.372. The van der Waals surface area contributed by atoms with Crippen molar-refractivity contribution in [2.45, 2.75) is 26.7 Å². The SMILES string of the molecule is CC(=O)OCCCNc1nnc(NCCCOC(C)=O)c2c1C(=O)c1ccccc1C2=O. The number of fused-ring (bicyclic) bond motifs is 2. The van der Waals surface area contributed by atoms with E-state index >= 15 is 0 Å². The Morgan fingerprint density at radius 1 is 0.781 bits per heavy atom. The Kier molecular flexibility index (Phi) is 7.48. The second kappa shape index (κ2) is 10.5. The first-order valence-corrected chi connectivity index (χ1v) is 10.2. The lowest BCUT2D eigenvalue weighted by Gasteiger charge is -2.22. The van der Waals surface area contributed by atoms with Crippen LogP contribution in [0.5, 0.6) is 0 Å². The van der Waals surface area contributed by atoms with Gasteiger partial charge >= 0.3 is 11.9 Å². The van der Waals surface area contributed by atoms with E-state index in [0.29, 0.717) is 37.1 Å². The number of anilines is 2. The maximum Gasteiger partial charge on any atom is 0.302 e. The summed E-state index contributed by atoms with van der Waals surface area (Å²) in [5.41, 5.74) is 0.917. The summed E-state index contributed by atoms with van der Waals surface area (Å²) in [5.74, 6) is -0.999. The van der Waals surface area contributed by atoms with Gasteiger partial charge in [-0.2, -0.15) is 0 Å². The maximum atomic E-state index is 13.2. The summed E-state index contributed by atoms with van der Waals surface area (Å²) in [6.07, 6.45) is 0.982. The van der Waals surface area contributed by atoms with Gasteiger partial charge in [0.15, 0.2) is 23.2 Å². The predicted molar refractivity (Wildman–Crippen MR) is 115 cm³/mol. The highest BCUT2D eigenvalue weighted by atomic mass is 16.5. The molecule has 0 unspecified atom stereocenters. The zero-order chi connectivity index (χ0) is 23.1. The van der Waals surface area contributed by atoms with Crippen molar-refractivity contribution in [3.05, 3.63) is 46.5 Å². The number of ketones is 2. The Morgan fingerprint density at radius 2 is 1.19 bits per heavy atom. The largest absolute Gasteiger partial charge is 0.466 e. The molecule has 0 radical (unpaired) electrons. The third-order valence-corrected chi connectivity index (χ3v) is 4.68. The molecule has 1 aliphatic carbocycles. The lowest BCUT2D eigenvalue weighted by atomic mass is 9.84. The van der Waals surface area contributed by atoms with Crippen LogP contribution in [0.25, 0.3) is 0 Å². The highest BCUT2D eigenvalue weighted by Crippen LogP contribution is 2.34. The van der Waals surface area contributed by atoms with Crippen molar-refractivity contribution in [1.29, 1.82) is 0 Å². The Hall–Kier alpha value is -3.82. The van der Waals surface area contributed by atoms with E-state index in [1.54, 1.807) is 24.3 Å². The number of benzene rings is 1. The van der Waals surface area contributed by atoms with Gasteiger partial charge in [0, 0.05) is 38.1 Å². The maximum absolute atomic E-state index is 13.2. The fraction of sp³-hybridized carbons (Fsp3) is 0.364. The van der Waals surface area contributed by atoms with E-state index < -0.39 is 0 Å². The fourth-order valence-corrected chi connectivity index (χ4v) is 3.26. The number of carbonyl (C=O) groups is 4. The number of carbonyl (C=O) groups excluding carboxylic acids is 4. The summed E-state index contributed by atoms with van der Waals surface area (Å²) in [4.78, 5) is 48.3. The lowest BCUT2D eigenvalue weighted by molar-refractivity contribution is -0.141. The van der Waals surface area contributed by atoms with E-state index in [1.165, 1.54) is 13.8 Å². The summed E-state index contributed by atoms with van der Waals surface area (Å²) in [6, 6.07) is 6.61. The van der Waals surface area contributed by atoms with Gasteiger partial charge in [-0.3, -0.25) is 19.2 Å². The summed E-state index contributed by atoms with van der Waals surface area (Å²) in [7, 11) is 0. The quantitative estimate of drug-likeness (QED) is 0.356. The van der Waals surface area contributed by atoms with Gasteiger partial charge in [0.05, 0.1) is 24.3 Å². The molecule has 1 aliphatic rings. The van der Waals surface area contributed by atoms with Crippen LogP contribution in [-0.4, -0.2) is 60.0 Å². The van der Waals surface area contributed by atoms with Gasteiger partial charge in [0.2, 0.25) is 0 Å². The van der Waals surface area contributed by atoms with Gasteiger partial charge in [0.1, 0.15) is 0 Å². The highest BCUT2D eigenvalue weighted by Gasteiger charge is 2.35. The summed E-state index contributed by atoms with van der Waals surface area (Å²) >= 11 is 0. The monoisotopic (exact) mass is 440 g/mol. The number of nitrogens with zero attached hydrogens (tertiary/aromatic N) is 2. The minimum Gasteiger partial charge on any atom is -0.466 e. The first-order chi connectivity index (χ1) is 15.4. The molecule has 3 rings (SSSR count). The molecule has 1 heterocycles. The standard InChI is InChI=1S/C22H24N4O6/c1-13(27)31-11-5-9-23-21-17-18(20(30)16-8-4-3-7-15(16)19(17)29)22(26-25-21)24-10-6-12-32-14(2)28/h3-4,7-8H,5-6,9-12H2,1-2H3,(H,23,25)(H,24,26). The number of ether oxygens (including phenoxy) is 2. The smallest absolute Gasteiger partial charge is 0.302 e. The number of nitrogens with one attached hydrogen (secondary N) is 2. The van der Waals surface area contributed by atoms with Crippen molar-refractivity contribution in [2.75, 3.05) is 36.9 Å². The fourth-order valence-electron chi connectivity index (χ4n) is 3.26. The number of hydrogen-bond acceptors (Lipinski definition) is 10. The Bertz CT molecular complexity index is 971. The number of esters is 2. The second-order valence-electron chi connectivity index (χ2n) is 7.09. The third kappa shape index (κ3) is 5.26. The van der Waals surface area contributed by atoms with E-state index in [9.17, 15) is 19.2 Å². The van der Waals surface area contributed by atoms with Gasteiger partial charge in [-0.1, -0.05) is 24.3 Å². The molecular weight excluding hydrogens is 416 g/mol. The first kappa shape index (κ1) is 22.9. The molecule has 1 aromatic carbocycles. The van der Waals surface area contributed by atoms with Crippen LogP contribution in [0.1, 0.15) is 58.5 Å². The van der Waals surface area contributed by atoms with Crippen LogP contribution >= 0.6 is 0 Å². The summed E-state index contributed by atoms with van der Waals surface area (Å²) < 4.78 is 9.80. The zero-order valence-corrected chi connectivity index (χ0v) is 17.9. The Morgan fingerprint density at radius 3 is 1.56 bits per heavy atom. The van der Waals surface area contributed by atoms with Crippen LogP contribution in [0.2, 0.25) is 0 Å². The molecule has 2 N–H and O–H groups in total. The van der Waals surface area contributed by atoms with Crippen LogP contribution in [0.3, 0.4) is 0 Å². The van der Waals surface area contributed by atoms with E-state index in [4.69, 9.17) is 9.47 Å². The van der Waals surface area contributed by atoms with Gasteiger partial charge in [-0.15, -0.1) is 10.2 Å². The second-order valence-corrected chi connectivity index (χ2v) is 7.09. The van der Waals surface area contributed by atoms with Gasteiger partial charge in [-0.25, -0.2) is 0 Å². The lowest BCUT2D eigenvalue weighted by Crippen LogP contribution is -2.26. The van der Waals surface area contributed by atoms with E-state index in [1.807, 2.05) is 0 Å². The summed E-state index contributed by atoms with van der Waals surface area (Å²) in [5, 5.41) is 14.3. The van der Waals surface area contributed by atoms with Crippen LogP contribution in [0, 0.1) is 0 Å². The van der Waals surface area contributed by atoms with Crippen molar-refractivity contribution < 1.29 is 28.7 Å². The molecule has 0 saturated heterocycles. The Balaban J connectivity index is 1.84. The third-order valence-electron chi connectivity index (χ3n) is 4.68. The Labute approximate surface area is 184 Å².